The average molecular weight is 1190 g/mol. The number of aliphatic hydroxyl groups is 10. The molecule has 26 heteroatoms. The van der Waals surface area contributed by atoms with E-state index in [9.17, 15) is 65.4 Å². The second-order valence-electron chi connectivity index (χ2n) is 18.6. The van der Waals surface area contributed by atoms with Crippen molar-refractivity contribution in [2.45, 2.75) is 126 Å². The molecule has 1 heterocycles. The molecule has 0 bridgehead atoms. The Balaban J connectivity index is 1.54. The molecule has 0 fully saturated rings. The lowest BCUT2D eigenvalue weighted by Crippen LogP contribution is -2.53. The number of unbranched alkanes of at least 4 members (excludes halogenated alkanes) is 2. The van der Waals surface area contributed by atoms with Crippen LogP contribution in [0, 0.1) is 5.92 Å². The molecule has 1 unspecified atom stereocenters. The van der Waals surface area contributed by atoms with E-state index < -0.39 is 105 Å². The van der Waals surface area contributed by atoms with Crippen molar-refractivity contribution in [3.05, 3.63) is 70.5 Å². The van der Waals surface area contributed by atoms with Crippen molar-refractivity contribution in [2.75, 3.05) is 61.8 Å². The standard InChI is InChI=1S/C49H77ClIN11O13/c1-27(22-51)21-32(52)46(73)58-33(9-3-5-20-62(23-34(65)39(69)41(71)36(67)25-63)24-35(66)40(70)42(72)37(68)26-64)47(74)56-19-6-8-29-12-16-31(17-13-29)30-14-10-28(11-15-30)7-2-4-18-57-49(55)61-48(75)38-44(53)60-45(54)43(50)59-38/h10-17,27,32-37,39-42,63-72H,2-9,18-26,52H2,1H3,(H,56,74)(H,58,73)(H4,53,54,60)(H3,55,57,61,75)/t27?,32-,33-,34-,35-,36+,37+,39+,40+,41+,42+/m0/s1. The molecule has 2 aromatic carbocycles. The fourth-order valence-corrected chi connectivity index (χ4v) is 8.27. The molecule has 0 aliphatic heterocycles. The van der Waals surface area contributed by atoms with E-state index >= 15 is 0 Å². The van der Waals surface area contributed by atoms with Gasteiger partial charge in [-0.15, -0.1) is 0 Å². The molecular weight excluding hydrogens is 1110 g/mol. The van der Waals surface area contributed by atoms with Crippen LogP contribution in [0.4, 0.5) is 11.6 Å². The van der Waals surface area contributed by atoms with E-state index in [0.29, 0.717) is 38.8 Å². The van der Waals surface area contributed by atoms with Gasteiger partial charge in [0.15, 0.2) is 28.4 Å². The summed E-state index contributed by atoms with van der Waals surface area (Å²) in [6, 6.07) is 14.5. The van der Waals surface area contributed by atoms with E-state index in [4.69, 9.17) is 34.5 Å². The number of benzene rings is 2. The Kier molecular flexibility index (Phi) is 29.1. The molecule has 3 aromatic rings. The molecule has 24 nitrogen and oxygen atoms in total. The van der Waals surface area contributed by atoms with Crippen molar-refractivity contribution < 1.29 is 65.4 Å². The first-order valence-corrected chi connectivity index (χ1v) is 26.7. The van der Waals surface area contributed by atoms with Gasteiger partial charge in [0.05, 0.1) is 31.5 Å². The number of hydrogen-bond acceptors (Lipinski definition) is 20. The predicted octanol–water partition coefficient (Wildman–Crippen LogP) is -2.30. The molecular formula is C49H77ClIN11O13. The van der Waals surface area contributed by atoms with Crippen molar-refractivity contribution in [3.63, 3.8) is 0 Å². The van der Waals surface area contributed by atoms with Gasteiger partial charge in [0.1, 0.15) is 42.7 Å². The van der Waals surface area contributed by atoms with Crippen molar-refractivity contribution in [3.8, 4) is 11.1 Å². The molecule has 3 rings (SSSR count). The average Bonchev–Trinajstić information content (AvgIpc) is 3.39. The van der Waals surface area contributed by atoms with Crippen molar-refractivity contribution >= 4 is 69.5 Å². The van der Waals surface area contributed by atoms with Crippen LogP contribution >= 0.6 is 34.2 Å². The van der Waals surface area contributed by atoms with Gasteiger partial charge in [-0.05, 0) is 92.5 Å². The lowest BCUT2D eigenvalue weighted by molar-refractivity contribution is -0.130. The Morgan fingerprint density at radius 3 is 1.76 bits per heavy atom. The molecule has 21 N–H and O–H groups in total. The number of guanidine groups is 1. The second kappa shape index (κ2) is 33.6. The Hall–Kier alpha value is -4.46. The summed E-state index contributed by atoms with van der Waals surface area (Å²) in [6.07, 6.45) is -10.1. The van der Waals surface area contributed by atoms with Gasteiger partial charge in [0.2, 0.25) is 11.8 Å². The molecule has 3 amide bonds. The van der Waals surface area contributed by atoms with E-state index in [0.717, 1.165) is 45.9 Å². The largest absolute Gasteiger partial charge is 0.394 e. The highest BCUT2D eigenvalue weighted by molar-refractivity contribution is 14.1. The summed E-state index contributed by atoms with van der Waals surface area (Å²) in [5.41, 5.74) is 27.4. The Morgan fingerprint density at radius 1 is 0.720 bits per heavy atom. The maximum Gasteiger partial charge on any atom is 0.280 e. The predicted molar refractivity (Wildman–Crippen MR) is 291 cm³/mol. The lowest BCUT2D eigenvalue weighted by atomic mass is 9.99. The van der Waals surface area contributed by atoms with E-state index in [2.05, 4.69) is 77.8 Å². The summed E-state index contributed by atoms with van der Waals surface area (Å²) in [7, 11) is 0. The number of aryl methyl sites for hydroxylation is 2. The third-order valence-corrected chi connectivity index (χ3v) is 14.1. The zero-order valence-electron chi connectivity index (χ0n) is 42.0. The fourth-order valence-electron chi connectivity index (χ4n) is 7.78. The van der Waals surface area contributed by atoms with Crippen molar-refractivity contribution in [1.29, 1.82) is 0 Å². The number of alkyl halides is 1. The van der Waals surface area contributed by atoms with Crippen LogP contribution in [0.25, 0.3) is 11.1 Å². The molecule has 0 spiro atoms. The van der Waals surface area contributed by atoms with Crippen LogP contribution in [0.5, 0.6) is 0 Å². The first-order valence-electron chi connectivity index (χ1n) is 24.8. The number of amides is 3. The monoisotopic (exact) mass is 1190 g/mol. The second-order valence-corrected chi connectivity index (χ2v) is 19.9. The van der Waals surface area contributed by atoms with Crippen LogP contribution in [0.3, 0.4) is 0 Å². The van der Waals surface area contributed by atoms with Gasteiger partial charge in [-0.25, -0.2) is 9.97 Å². The number of nitrogens with one attached hydrogen (secondary N) is 3. The molecule has 0 radical (unpaired) electrons. The van der Waals surface area contributed by atoms with Crippen molar-refractivity contribution in [2.24, 2.45) is 22.4 Å². The molecule has 11 atom stereocenters. The molecule has 1 aromatic heterocycles. The van der Waals surface area contributed by atoms with Gasteiger partial charge >= 0.3 is 0 Å². The Morgan fingerprint density at radius 2 is 1.24 bits per heavy atom. The third-order valence-electron chi connectivity index (χ3n) is 12.3. The number of hydrogen-bond donors (Lipinski definition) is 17. The quantitative estimate of drug-likeness (QED) is 0.00982. The number of anilines is 2. The third kappa shape index (κ3) is 22.2. The number of nitrogen functional groups attached to an aromatic ring is 2. The lowest BCUT2D eigenvalue weighted by Gasteiger charge is -2.33. The zero-order valence-corrected chi connectivity index (χ0v) is 45.0. The maximum atomic E-state index is 13.6. The highest BCUT2D eigenvalue weighted by Crippen LogP contribution is 2.22. The van der Waals surface area contributed by atoms with Gasteiger partial charge < -0.3 is 84.6 Å². The minimum Gasteiger partial charge on any atom is -0.394 e. The molecule has 75 heavy (non-hydrogen) atoms. The number of aliphatic imine (C=N–C) groups is 1. The van der Waals surface area contributed by atoms with E-state index in [1.165, 1.54) is 4.90 Å². The highest BCUT2D eigenvalue weighted by Gasteiger charge is 2.34. The van der Waals surface area contributed by atoms with Crippen LogP contribution in [0.15, 0.2) is 53.5 Å². The molecule has 0 saturated heterocycles. The minimum absolute atomic E-state index is 0.0438. The number of carbonyl (C=O) groups is 3. The van der Waals surface area contributed by atoms with E-state index in [1.807, 2.05) is 31.2 Å². The molecule has 0 aliphatic carbocycles. The number of rotatable bonds is 34. The summed E-state index contributed by atoms with van der Waals surface area (Å²) in [4.78, 5) is 52.5. The smallest absolute Gasteiger partial charge is 0.280 e. The number of nitrogens with zero attached hydrogens (tertiary/aromatic N) is 4. The number of carbonyl (C=O) groups excluding carboxylic acids is 3. The normalized spacial score (nSPS) is 16.4. The zero-order chi connectivity index (χ0) is 55.8. The molecule has 420 valence electrons. The van der Waals surface area contributed by atoms with Gasteiger partial charge in [0, 0.05) is 30.6 Å². The van der Waals surface area contributed by atoms with Crippen LogP contribution in [0.2, 0.25) is 5.15 Å². The summed E-state index contributed by atoms with van der Waals surface area (Å²) < 4.78 is 0.774. The topological polar surface area (TPSA) is 435 Å². The minimum atomic E-state index is -1.94. The SMILES string of the molecule is CC(CI)C[C@H](N)C(=O)N[C@@H](CCCCN(C[C@H](O)[C@@H](O)[C@H](O)[C@H](O)CO)C[C@H](O)[C@@H](O)[C@H](O)[C@H](O)CO)C(=O)NCCCc1ccc(-c2ccc(CCCCN=C(N)NC(=O)c3nc(Cl)c(N)nc3N)cc2)cc1. The van der Waals surface area contributed by atoms with Crippen LogP contribution in [0.1, 0.15) is 73.5 Å². The number of aromatic nitrogens is 2. The van der Waals surface area contributed by atoms with E-state index in [-0.39, 0.29) is 53.7 Å². The molecule has 0 saturated carbocycles. The number of halogens is 2. The van der Waals surface area contributed by atoms with Crippen LogP contribution < -0.4 is 38.9 Å². The van der Waals surface area contributed by atoms with Crippen molar-refractivity contribution in [1.82, 2.24) is 30.8 Å². The summed E-state index contributed by atoms with van der Waals surface area (Å²) in [5, 5.41) is 109. The Bertz CT molecular complexity index is 2200. The first-order chi connectivity index (χ1) is 35.6. The highest BCUT2D eigenvalue weighted by atomic mass is 127. The van der Waals surface area contributed by atoms with Crippen LogP contribution in [-0.4, -0.2) is 201 Å². The first kappa shape index (κ1) is 64.8. The fraction of sp³-hybridized carbons (Fsp3) is 0.592. The van der Waals surface area contributed by atoms with Crippen LogP contribution in [-0.2, 0) is 22.4 Å². The summed E-state index contributed by atoms with van der Waals surface area (Å²) in [5.74, 6) is -1.86. The summed E-state index contributed by atoms with van der Waals surface area (Å²) >= 11 is 8.06. The van der Waals surface area contributed by atoms with Gasteiger partial charge in [-0.3, -0.25) is 29.6 Å². The summed E-state index contributed by atoms with van der Waals surface area (Å²) in [6.45, 7) is -0.00439. The van der Waals surface area contributed by atoms with E-state index in [1.54, 1.807) is 0 Å². The van der Waals surface area contributed by atoms with Gasteiger partial charge in [-0.1, -0.05) is 89.6 Å². The number of nitrogens with two attached hydrogens (primary N) is 4. The maximum absolute atomic E-state index is 13.6. The molecule has 0 aliphatic rings. The number of aliphatic hydroxyl groups excluding tert-OH is 10. The van der Waals surface area contributed by atoms with Gasteiger partial charge in [0.25, 0.3) is 5.91 Å². The van der Waals surface area contributed by atoms with Gasteiger partial charge in [-0.2, -0.15) is 0 Å². The Labute approximate surface area is 455 Å².